The van der Waals surface area contributed by atoms with E-state index in [0.717, 1.165) is 6.42 Å². The lowest BCUT2D eigenvalue weighted by atomic mass is 9.96. The lowest BCUT2D eigenvalue weighted by molar-refractivity contribution is -0.158. The van der Waals surface area contributed by atoms with E-state index in [-0.39, 0.29) is 11.9 Å². The fraction of sp³-hybridized carbons (Fsp3) is 0.769. The van der Waals surface area contributed by atoms with Crippen LogP contribution >= 0.6 is 0 Å². The van der Waals surface area contributed by atoms with Gasteiger partial charge in [-0.15, -0.1) is 0 Å². The molecule has 2 nitrogen and oxygen atoms in total. The van der Waals surface area contributed by atoms with E-state index in [1.165, 1.54) is 0 Å². The molecule has 15 heavy (non-hydrogen) atoms. The standard InChI is InChI=1S/C13H24O2/c1-7-8-11(9-10(2)3)12(14)15-13(4,5)6/h7-8,10-11H,9H2,1-6H3/b8-7+. The Hall–Kier alpha value is -0.790. The topological polar surface area (TPSA) is 26.3 Å². The lowest BCUT2D eigenvalue weighted by Crippen LogP contribution is -2.28. The molecule has 0 aliphatic heterocycles. The minimum Gasteiger partial charge on any atom is -0.460 e. The molecule has 0 aliphatic carbocycles. The van der Waals surface area contributed by atoms with E-state index in [0.29, 0.717) is 5.92 Å². The molecule has 0 N–H and O–H groups in total. The number of allylic oxidation sites excluding steroid dienone is 1. The van der Waals surface area contributed by atoms with E-state index < -0.39 is 5.60 Å². The highest BCUT2D eigenvalue weighted by molar-refractivity contribution is 5.74. The molecule has 0 saturated heterocycles. The number of carbonyl (C=O) groups excluding carboxylic acids is 1. The molecule has 88 valence electrons. The van der Waals surface area contributed by atoms with E-state index in [4.69, 9.17) is 4.74 Å². The molecule has 0 saturated carbocycles. The van der Waals surface area contributed by atoms with Crippen molar-refractivity contribution in [2.75, 3.05) is 0 Å². The zero-order valence-electron chi connectivity index (χ0n) is 10.8. The first kappa shape index (κ1) is 14.2. The first-order valence-corrected chi connectivity index (χ1v) is 5.62. The summed E-state index contributed by atoms with van der Waals surface area (Å²) < 4.78 is 5.36. The molecule has 1 unspecified atom stereocenters. The van der Waals surface area contributed by atoms with Crippen molar-refractivity contribution >= 4 is 5.97 Å². The molecular formula is C13H24O2. The Morgan fingerprint density at radius 3 is 2.20 bits per heavy atom. The van der Waals surface area contributed by atoms with Gasteiger partial charge < -0.3 is 4.74 Å². The second-order valence-corrected chi connectivity index (χ2v) is 5.30. The zero-order valence-corrected chi connectivity index (χ0v) is 10.8. The van der Waals surface area contributed by atoms with Crippen molar-refractivity contribution in [3.8, 4) is 0 Å². The van der Waals surface area contributed by atoms with Crippen LogP contribution in [-0.2, 0) is 9.53 Å². The molecule has 0 heterocycles. The van der Waals surface area contributed by atoms with Crippen LogP contribution in [0.5, 0.6) is 0 Å². The summed E-state index contributed by atoms with van der Waals surface area (Å²) in [6.45, 7) is 11.8. The summed E-state index contributed by atoms with van der Waals surface area (Å²) in [7, 11) is 0. The molecule has 0 aromatic rings. The quantitative estimate of drug-likeness (QED) is 0.526. The third kappa shape index (κ3) is 7.18. The molecule has 0 amide bonds. The van der Waals surface area contributed by atoms with E-state index in [1.54, 1.807) is 0 Å². The summed E-state index contributed by atoms with van der Waals surface area (Å²) in [5, 5.41) is 0. The highest BCUT2D eigenvalue weighted by atomic mass is 16.6. The molecule has 0 aromatic heterocycles. The Kier molecular flexibility index (Phi) is 5.63. The van der Waals surface area contributed by atoms with Gasteiger partial charge in [0.15, 0.2) is 0 Å². The van der Waals surface area contributed by atoms with Crippen LogP contribution in [-0.4, -0.2) is 11.6 Å². The maximum atomic E-state index is 11.8. The van der Waals surface area contributed by atoms with Gasteiger partial charge >= 0.3 is 5.97 Å². The maximum Gasteiger partial charge on any atom is 0.313 e. The van der Waals surface area contributed by atoms with E-state index in [2.05, 4.69) is 13.8 Å². The van der Waals surface area contributed by atoms with Crippen LogP contribution in [0.2, 0.25) is 0 Å². The van der Waals surface area contributed by atoms with Gasteiger partial charge in [-0.25, -0.2) is 0 Å². The van der Waals surface area contributed by atoms with Crippen LogP contribution in [0.15, 0.2) is 12.2 Å². The average Bonchev–Trinajstić information content (AvgIpc) is 1.99. The van der Waals surface area contributed by atoms with Gasteiger partial charge in [0.2, 0.25) is 0 Å². The third-order valence-electron chi connectivity index (χ3n) is 1.86. The predicted molar refractivity (Wildman–Crippen MR) is 63.6 cm³/mol. The van der Waals surface area contributed by atoms with Crippen molar-refractivity contribution in [3.05, 3.63) is 12.2 Å². The Morgan fingerprint density at radius 2 is 1.87 bits per heavy atom. The molecule has 0 rings (SSSR count). The van der Waals surface area contributed by atoms with Gasteiger partial charge in [-0.3, -0.25) is 4.79 Å². The Labute approximate surface area is 93.7 Å². The summed E-state index contributed by atoms with van der Waals surface area (Å²) in [6.07, 6.45) is 4.68. The minimum absolute atomic E-state index is 0.103. The highest BCUT2D eigenvalue weighted by Crippen LogP contribution is 2.18. The summed E-state index contributed by atoms with van der Waals surface area (Å²) in [4.78, 5) is 11.8. The summed E-state index contributed by atoms with van der Waals surface area (Å²) >= 11 is 0. The van der Waals surface area contributed by atoms with Gasteiger partial charge in [-0.2, -0.15) is 0 Å². The van der Waals surface area contributed by atoms with Gasteiger partial charge in [-0.05, 0) is 40.0 Å². The van der Waals surface area contributed by atoms with Crippen LogP contribution in [0.1, 0.15) is 48.0 Å². The number of ether oxygens (including phenoxy) is 1. The summed E-state index contributed by atoms with van der Waals surface area (Å²) in [5.41, 5.74) is -0.395. The van der Waals surface area contributed by atoms with Crippen LogP contribution in [0, 0.1) is 11.8 Å². The Bertz CT molecular complexity index is 221. The SMILES string of the molecule is C/C=C/C(CC(C)C)C(=O)OC(C)(C)C. The third-order valence-corrected chi connectivity index (χ3v) is 1.86. The van der Waals surface area contributed by atoms with E-state index in [1.807, 2.05) is 39.8 Å². The van der Waals surface area contributed by atoms with E-state index >= 15 is 0 Å². The first-order valence-electron chi connectivity index (χ1n) is 5.62. The lowest BCUT2D eigenvalue weighted by Gasteiger charge is -2.23. The van der Waals surface area contributed by atoms with Gasteiger partial charge in [0.1, 0.15) is 5.60 Å². The van der Waals surface area contributed by atoms with Gasteiger partial charge in [0, 0.05) is 0 Å². The second kappa shape index (κ2) is 5.94. The van der Waals surface area contributed by atoms with Crippen LogP contribution in [0.3, 0.4) is 0 Å². The normalized spacial score (nSPS) is 14.6. The van der Waals surface area contributed by atoms with Crippen molar-refractivity contribution < 1.29 is 9.53 Å². The van der Waals surface area contributed by atoms with Gasteiger partial charge in [0.25, 0.3) is 0 Å². The Balaban J connectivity index is 4.42. The van der Waals surface area contributed by atoms with Crippen LogP contribution < -0.4 is 0 Å². The fourth-order valence-electron chi connectivity index (χ4n) is 1.37. The van der Waals surface area contributed by atoms with E-state index in [9.17, 15) is 4.79 Å². The monoisotopic (exact) mass is 212 g/mol. The molecule has 1 atom stereocenters. The van der Waals surface area contributed by atoms with Crippen LogP contribution in [0.25, 0.3) is 0 Å². The number of hydrogen-bond donors (Lipinski definition) is 0. The number of carbonyl (C=O) groups is 1. The second-order valence-electron chi connectivity index (χ2n) is 5.30. The summed E-state index contributed by atoms with van der Waals surface area (Å²) in [6, 6.07) is 0. The summed E-state index contributed by atoms with van der Waals surface area (Å²) in [5.74, 6) is 0.280. The molecule has 0 bridgehead atoms. The number of hydrogen-bond acceptors (Lipinski definition) is 2. The predicted octanol–water partition coefficient (Wildman–Crippen LogP) is 3.57. The van der Waals surface area contributed by atoms with Crippen LogP contribution in [0.4, 0.5) is 0 Å². The molecule has 0 spiro atoms. The van der Waals surface area contributed by atoms with Gasteiger partial charge in [0.05, 0.1) is 5.92 Å². The van der Waals surface area contributed by atoms with Gasteiger partial charge in [-0.1, -0.05) is 26.0 Å². The molecule has 0 aliphatic rings. The van der Waals surface area contributed by atoms with Crippen molar-refractivity contribution in [3.63, 3.8) is 0 Å². The first-order chi connectivity index (χ1) is 6.76. The number of rotatable bonds is 4. The molecule has 0 radical (unpaired) electrons. The molecular weight excluding hydrogens is 188 g/mol. The fourth-order valence-corrected chi connectivity index (χ4v) is 1.37. The van der Waals surface area contributed by atoms with Crippen molar-refractivity contribution in [1.82, 2.24) is 0 Å². The zero-order chi connectivity index (χ0) is 12.1. The smallest absolute Gasteiger partial charge is 0.313 e. The largest absolute Gasteiger partial charge is 0.460 e. The van der Waals surface area contributed by atoms with Crippen molar-refractivity contribution in [2.45, 2.75) is 53.6 Å². The minimum atomic E-state index is -0.395. The molecule has 0 aromatic carbocycles. The molecule has 2 heteroatoms. The Morgan fingerprint density at radius 1 is 1.33 bits per heavy atom. The highest BCUT2D eigenvalue weighted by Gasteiger charge is 2.23. The molecule has 0 fully saturated rings. The average molecular weight is 212 g/mol. The number of esters is 1. The van der Waals surface area contributed by atoms with Crippen molar-refractivity contribution in [2.24, 2.45) is 11.8 Å². The maximum absolute atomic E-state index is 11.8. The van der Waals surface area contributed by atoms with Crippen molar-refractivity contribution in [1.29, 1.82) is 0 Å².